The molecule has 1 saturated heterocycles. The molecular weight excluding hydrogens is 140 g/mol. The zero-order valence-electron chi connectivity index (χ0n) is 7.09. The minimum Gasteiger partial charge on any atom is -0.376 e. The maximum atomic E-state index is 10.8. The molecule has 1 rings (SSSR count). The van der Waals surface area contributed by atoms with Crippen molar-refractivity contribution < 1.29 is 9.53 Å². The average molecular weight is 154 g/mol. The molecule has 11 heavy (non-hydrogen) atoms. The summed E-state index contributed by atoms with van der Waals surface area (Å²) < 4.78 is 5.24. The average Bonchev–Trinajstić information content (AvgIpc) is 2.34. The third kappa shape index (κ3) is 2.15. The molecule has 2 nitrogen and oxygen atoms in total. The fourth-order valence-corrected chi connectivity index (χ4v) is 1.40. The Kier molecular flexibility index (Phi) is 2.83. The van der Waals surface area contributed by atoms with Gasteiger partial charge in [-0.15, -0.1) is 0 Å². The molecular formula is C9H14O2. The predicted octanol–water partition coefficient (Wildman–Crippen LogP) is 1.56. The number of ether oxygens (including phenoxy) is 1. The Bertz CT molecular complexity index is 182. The van der Waals surface area contributed by atoms with E-state index in [0.717, 1.165) is 6.61 Å². The van der Waals surface area contributed by atoms with Crippen LogP contribution in [0.5, 0.6) is 0 Å². The largest absolute Gasteiger partial charge is 0.376 e. The fraction of sp³-hybridized carbons (Fsp3) is 0.667. The maximum absolute atomic E-state index is 10.8. The number of hydrogen-bond acceptors (Lipinski definition) is 2. The summed E-state index contributed by atoms with van der Waals surface area (Å²) >= 11 is 0. The van der Waals surface area contributed by atoms with E-state index >= 15 is 0 Å². The van der Waals surface area contributed by atoms with Gasteiger partial charge in [0.15, 0.2) is 0 Å². The zero-order valence-corrected chi connectivity index (χ0v) is 7.09. The summed E-state index contributed by atoms with van der Waals surface area (Å²) in [4.78, 5) is 10.8. The summed E-state index contributed by atoms with van der Waals surface area (Å²) in [5.41, 5.74) is 1.28. The van der Waals surface area contributed by atoms with Crippen LogP contribution < -0.4 is 0 Å². The van der Waals surface area contributed by atoms with Crippen molar-refractivity contribution in [2.45, 2.75) is 20.3 Å². The predicted molar refractivity (Wildman–Crippen MR) is 43.4 cm³/mol. The molecule has 0 spiro atoms. The Hall–Kier alpha value is -0.630. The highest BCUT2D eigenvalue weighted by atomic mass is 16.5. The van der Waals surface area contributed by atoms with Gasteiger partial charge >= 0.3 is 0 Å². The van der Waals surface area contributed by atoms with Crippen LogP contribution in [0.4, 0.5) is 0 Å². The molecule has 0 saturated carbocycles. The summed E-state index contributed by atoms with van der Waals surface area (Å²) in [5, 5.41) is 0. The molecule has 0 N–H and O–H groups in total. The Labute approximate surface area is 67.2 Å². The van der Waals surface area contributed by atoms with E-state index in [1.165, 1.54) is 5.57 Å². The van der Waals surface area contributed by atoms with Crippen LogP contribution in [0.2, 0.25) is 0 Å². The minimum atomic E-state index is 0.250. The second-order valence-electron chi connectivity index (χ2n) is 2.98. The molecule has 0 aromatic rings. The van der Waals surface area contributed by atoms with Gasteiger partial charge in [-0.1, -0.05) is 6.08 Å². The molecule has 0 amide bonds. The van der Waals surface area contributed by atoms with E-state index in [0.29, 0.717) is 18.9 Å². The van der Waals surface area contributed by atoms with Gasteiger partial charge in [-0.05, 0) is 19.4 Å². The molecule has 1 heterocycles. The van der Waals surface area contributed by atoms with E-state index in [4.69, 9.17) is 4.74 Å². The molecule has 62 valence electrons. The molecule has 0 aromatic heterocycles. The smallest absolute Gasteiger partial charge is 0.130 e. The van der Waals surface area contributed by atoms with Crippen molar-refractivity contribution in [2.24, 2.45) is 5.92 Å². The summed E-state index contributed by atoms with van der Waals surface area (Å²) in [6.07, 6.45) is 2.69. The summed E-state index contributed by atoms with van der Waals surface area (Å²) in [6, 6.07) is 0. The van der Waals surface area contributed by atoms with E-state index in [2.05, 4.69) is 6.08 Å². The van der Waals surface area contributed by atoms with Gasteiger partial charge in [0.25, 0.3) is 0 Å². The van der Waals surface area contributed by atoms with Crippen molar-refractivity contribution in [1.29, 1.82) is 0 Å². The number of hydrogen-bond donors (Lipinski definition) is 0. The minimum absolute atomic E-state index is 0.250. The lowest BCUT2D eigenvalue weighted by Crippen LogP contribution is -2.06. The van der Waals surface area contributed by atoms with Crippen LogP contribution in [0.1, 0.15) is 20.3 Å². The van der Waals surface area contributed by atoms with E-state index in [-0.39, 0.29) is 5.78 Å². The Morgan fingerprint density at radius 3 is 3.09 bits per heavy atom. The fourth-order valence-electron chi connectivity index (χ4n) is 1.40. The van der Waals surface area contributed by atoms with Crippen molar-refractivity contribution in [3.05, 3.63) is 11.6 Å². The Balaban J connectivity index is 2.51. The number of Topliss-reactive ketones (excluding diaryl/α,β-unsaturated/α-hetero) is 1. The molecule has 1 aliphatic rings. The molecule has 0 aliphatic carbocycles. The first-order valence-electron chi connectivity index (χ1n) is 3.96. The maximum Gasteiger partial charge on any atom is 0.130 e. The van der Waals surface area contributed by atoms with Crippen LogP contribution in [0, 0.1) is 5.92 Å². The van der Waals surface area contributed by atoms with E-state index in [9.17, 15) is 4.79 Å². The highest BCUT2D eigenvalue weighted by Gasteiger charge is 2.21. The first-order chi connectivity index (χ1) is 5.24. The number of ketones is 1. The lowest BCUT2D eigenvalue weighted by Gasteiger charge is -2.05. The molecule has 0 radical (unpaired) electrons. The zero-order chi connectivity index (χ0) is 8.27. The van der Waals surface area contributed by atoms with E-state index in [1.54, 1.807) is 6.92 Å². The van der Waals surface area contributed by atoms with Gasteiger partial charge in [-0.3, -0.25) is 0 Å². The molecule has 0 aromatic carbocycles. The normalized spacial score (nSPS) is 27.8. The highest BCUT2D eigenvalue weighted by Crippen LogP contribution is 2.22. The van der Waals surface area contributed by atoms with Crippen LogP contribution in [-0.4, -0.2) is 19.0 Å². The lowest BCUT2D eigenvalue weighted by atomic mass is 9.97. The van der Waals surface area contributed by atoms with Crippen LogP contribution >= 0.6 is 0 Å². The van der Waals surface area contributed by atoms with E-state index in [1.807, 2.05) is 6.92 Å². The van der Waals surface area contributed by atoms with Crippen molar-refractivity contribution in [3.8, 4) is 0 Å². The van der Waals surface area contributed by atoms with Crippen LogP contribution in [0.15, 0.2) is 11.6 Å². The summed E-state index contributed by atoms with van der Waals surface area (Å²) in [6.45, 7) is 5.07. The van der Waals surface area contributed by atoms with Gasteiger partial charge in [0, 0.05) is 12.3 Å². The second kappa shape index (κ2) is 3.67. The SMILES string of the molecule is C/C=C1/COCC1CC(C)=O. The Morgan fingerprint density at radius 1 is 1.82 bits per heavy atom. The number of carbonyl (C=O) groups is 1. The van der Waals surface area contributed by atoms with Gasteiger partial charge in [0.1, 0.15) is 5.78 Å². The quantitative estimate of drug-likeness (QED) is 0.564. The molecule has 0 bridgehead atoms. The first kappa shape index (κ1) is 8.47. The molecule has 1 fully saturated rings. The number of allylic oxidation sites excluding steroid dienone is 1. The standard InChI is InChI=1S/C9H14O2/c1-3-8-5-11-6-9(8)4-7(2)10/h3,9H,4-6H2,1-2H3/b8-3-. The van der Waals surface area contributed by atoms with Crippen LogP contribution in [0.25, 0.3) is 0 Å². The number of rotatable bonds is 2. The van der Waals surface area contributed by atoms with E-state index < -0.39 is 0 Å². The highest BCUT2D eigenvalue weighted by molar-refractivity contribution is 5.76. The van der Waals surface area contributed by atoms with Crippen LogP contribution in [-0.2, 0) is 9.53 Å². The monoisotopic (exact) mass is 154 g/mol. The summed E-state index contributed by atoms with van der Waals surface area (Å²) in [5.74, 6) is 0.609. The van der Waals surface area contributed by atoms with Crippen molar-refractivity contribution >= 4 is 5.78 Å². The number of carbonyl (C=O) groups excluding carboxylic acids is 1. The Morgan fingerprint density at radius 2 is 2.55 bits per heavy atom. The third-order valence-electron chi connectivity index (χ3n) is 2.02. The first-order valence-corrected chi connectivity index (χ1v) is 3.96. The molecule has 2 heteroatoms. The van der Waals surface area contributed by atoms with Crippen molar-refractivity contribution in [3.63, 3.8) is 0 Å². The lowest BCUT2D eigenvalue weighted by molar-refractivity contribution is -0.117. The molecule has 1 aliphatic heterocycles. The van der Waals surface area contributed by atoms with Crippen LogP contribution in [0.3, 0.4) is 0 Å². The molecule has 1 atom stereocenters. The molecule has 1 unspecified atom stereocenters. The van der Waals surface area contributed by atoms with Gasteiger partial charge in [0.05, 0.1) is 13.2 Å². The summed E-state index contributed by atoms with van der Waals surface area (Å²) in [7, 11) is 0. The second-order valence-corrected chi connectivity index (χ2v) is 2.98. The van der Waals surface area contributed by atoms with Crippen molar-refractivity contribution in [2.75, 3.05) is 13.2 Å². The van der Waals surface area contributed by atoms with Gasteiger partial charge in [-0.2, -0.15) is 0 Å². The van der Waals surface area contributed by atoms with Gasteiger partial charge in [-0.25, -0.2) is 0 Å². The topological polar surface area (TPSA) is 26.3 Å². The third-order valence-corrected chi connectivity index (χ3v) is 2.02. The van der Waals surface area contributed by atoms with Crippen molar-refractivity contribution in [1.82, 2.24) is 0 Å². The van der Waals surface area contributed by atoms with Gasteiger partial charge < -0.3 is 9.53 Å². The van der Waals surface area contributed by atoms with Gasteiger partial charge in [0.2, 0.25) is 0 Å².